The van der Waals surface area contributed by atoms with Crippen LogP contribution in [0.1, 0.15) is 42.4 Å². The molecule has 0 aliphatic heterocycles. The zero-order valence-electron chi connectivity index (χ0n) is 19.4. The van der Waals surface area contributed by atoms with E-state index in [9.17, 15) is 9.59 Å². The minimum Gasteiger partial charge on any atom is -0.328 e. The number of hydrogen-bond donors (Lipinski definition) is 0. The molecule has 6 rings (SSSR count). The van der Waals surface area contributed by atoms with E-state index >= 15 is 0 Å². The van der Waals surface area contributed by atoms with Gasteiger partial charge in [-0.25, -0.2) is 4.98 Å². The molecule has 5 heteroatoms. The monoisotopic (exact) mass is 462 g/mol. The minimum atomic E-state index is -0.225. The standard InChI is InChI=1S/C29H22N2O2S/c1-15-9-16(2)26(17(3)10-15)23-14-24-29(31(23)4)30-25(34-24)13-22-27(32)20-11-18-7-5-6-8-19(18)12-21(20)28(22)33/h5-14H,1-4H3. The van der Waals surface area contributed by atoms with Crippen LogP contribution in [0.4, 0.5) is 0 Å². The molecule has 0 saturated carbocycles. The van der Waals surface area contributed by atoms with Gasteiger partial charge in [0.05, 0.1) is 16.0 Å². The van der Waals surface area contributed by atoms with E-state index in [0.29, 0.717) is 16.1 Å². The Morgan fingerprint density at radius 2 is 1.44 bits per heavy atom. The van der Waals surface area contributed by atoms with E-state index in [0.717, 1.165) is 26.8 Å². The number of benzene rings is 3. The summed E-state index contributed by atoms with van der Waals surface area (Å²) in [7, 11) is 2.01. The number of carbonyl (C=O) groups is 2. The van der Waals surface area contributed by atoms with Crippen molar-refractivity contribution in [3.8, 4) is 11.3 Å². The number of ketones is 2. The van der Waals surface area contributed by atoms with Crippen molar-refractivity contribution in [2.24, 2.45) is 7.05 Å². The molecule has 34 heavy (non-hydrogen) atoms. The van der Waals surface area contributed by atoms with Gasteiger partial charge in [0.25, 0.3) is 0 Å². The Kier molecular flexibility index (Phi) is 4.48. The largest absolute Gasteiger partial charge is 0.328 e. The van der Waals surface area contributed by atoms with Crippen LogP contribution in [-0.4, -0.2) is 21.1 Å². The molecule has 3 aromatic carbocycles. The smallest absolute Gasteiger partial charge is 0.197 e. The molecule has 5 aromatic rings. The molecule has 4 nitrogen and oxygen atoms in total. The zero-order chi connectivity index (χ0) is 23.7. The van der Waals surface area contributed by atoms with Crippen molar-refractivity contribution in [1.29, 1.82) is 0 Å². The van der Waals surface area contributed by atoms with Crippen molar-refractivity contribution in [1.82, 2.24) is 9.55 Å². The normalized spacial score (nSPS) is 13.4. The van der Waals surface area contributed by atoms with Gasteiger partial charge in [0, 0.05) is 23.7 Å². The quantitative estimate of drug-likeness (QED) is 0.213. The molecule has 0 spiro atoms. The van der Waals surface area contributed by atoms with Crippen LogP contribution in [0.2, 0.25) is 0 Å². The van der Waals surface area contributed by atoms with E-state index in [1.54, 1.807) is 6.08 Å². The number of rotatable bonds is 2. The third-order valence-corrected chi connectivity index (χ3v) is 7.60. The van der Waals surface area contributed by atoms with E-state index < -0.39 is 0 Å². The highest BCUT2D eigenvalue weighted by molar-refractivity contribution is 7.19. The Morgan fingerprint density at radius 1 is 0.853 bits per heavy atom. The van der Waals surface area contributed by atoms with Gasteiger partial charge in [-0.3, -0.25) is 9.59 Å². The van der Waals surface area contributed by atoms with Gasteiger partial charge < -0.3 is 4.57 Å². The van der Waals surface area contributed by atoms with Gasteiger partial charge in [0.1, 0.15) is 5.01 Å². The summed E-state index contributed by atoms with van der Waals surface area (Å²) in [5, 5.41) is 2.58. The van der Waals surface area contributed by atoms with Crippen LogP contribution < -0.4 is 0 Å². The molecular weight excluding hydrogens is 440 g/mol. The van der Waals surface area contributed by atoms with Crippen LogP contribution in [0, 0.1) is 20.8 Å². The van der Waals surface area contributed by atoms with Crippen molar-refractivity contribution in [3.05, 3.63) is 93.0 Å². The topological polar surface area (TPSA) is 52.0 Å². The second kappa shape index (κ2) is 7.34. The average molecular weight is 463 g/mol. The predicted molar refractivity (Wildman–Crippen MR) is 139 cm³/mol. The fourth-order valence-corrected chi connectivity index (χ4v) is 6.14. The van der Waals surface area contributed by atoms with Gasteiger partial charge in [-0.05, 0) is 66.9 Å². The molecule has 166 valence electrons. The Balaban J connectivity index is 1.42. The van der Waals surface area contributed by atoms with Gasteiger partial charge in [0.15, 0.2) is 17.2 Å². The molecule has 0 saturated heterocycles. The number of fused-ring (bicyclic) bond motifs is 3. The summed E-state index contributed by atoms with van der Waals surface area (Å²) in [6, 6.07) is 18.0. The van der Waals surface area contributed by atoms with Gasteiger partial charge >= 0.3 is 0 Å². The van der Waals surface area contributed by atoms with Crippen LogP contribution in [0.5, 0.6) is 0 Å². The molecule has 2 heterocycles. The van der Waals surface area contributed by atoms with Crippen molar-refractivity contribution < 1.29 is 9.59 Å². The van der Waals surface area contributed by atoms with Gasteiger partial charge in [-0.15, -0.1) is 11.3 Å². The molecule has 0 radical (unpaired) electrons. The van der Waals surface area contributed by atoms with E-state index in [4.69, 9.17) is 4.98 Å². The lowest BCUT2D eigenvalue weighted by atomic mass is 9.97. The summed E-state index contributed by atoms with van der Waals surface area (Å²) < 4.78 is 3.13. The van der Waals surface area contributed by atoms with Crippen molar-refractivity contribution in [3.63, 3.8) is 0 Å². The second-order valence-electron chi connectivity index (χ2n) is 9.06. The summed E-state index contributed by atoms with van der Waals surface area (Å²) >= 11 is 1.50. The molecule has 1 aliphatic carbocycles. The van der Waals surface area contributed by atoms with Crippen LogP contribution >= 0.6 is 11.3 Å². The highest BCUT2D eigenvalue weighted by Crippen LogP contribution is 2.37. The summed E-state index contributed by atoms with van der Waals surface area (Å²) in [5.41, 5.74) is 8.06. The highest BCUT2D eigenvalue weighted by Gasteiger charge is 2.33. The van der Waals surface area contributed by atoms with Crippen molar-refractivity contribution >= 4 is 50.1 Å². The summed E-state index contributed by atoms with van der Waals surface area (Å²) in [6.07, 6.45) is 1.65. The lowest BCUT2D eigenvalue weighted by Gasteiger charge is -2.12. The number of carbonyl (C=O) groups excluding carboxylic acids is 2. The first-order chi connectivity index (χ1) is 16.3. The zero-order valence-corrected chi connectivity index (χ0v) is 20.2. The number of nitrogens with zero attached hydrogens (tertiary/aromatic N) is 2. The molecule has 1 aliphatic rings. The van der Waals surface area contributed by atoms with Crippen LogP contribution in [-0.2, 0) is 7.05 Å². The molecule has 0 atom stereocenters. The fraction of sp³-hybridized carbons (Fsp3) is 0.138. The summed E-state index contributed by atoms with van der Waals surface area (Å²) in [5.74, 6) is -0.451. The van der Waals surface area contributed by atoms with E-state index in [1.807, 2.05) is 43.4 Å². The van der Waals surface area contributed by atoms with Crippen molar-refractivity contribution in [2.45, 2.75) is 20.8 Å². The summed E-state index contributed by atoms with van der Waals surface area (Å²) in [4.78, 5) is 31.0. The SMILES string of the molecule is Cc1cc(C)c(-c2cc3sc(C=C4C(=O)c5cc6ccccc6cc5C4=O)nc3n2C)c(C)c1. The number of aromatic nitrogens is 2. The van der Waals surface area contributed by atoms with E-state index in [1.165, 1.54) is 33.6 Å². The molecule has 0 fully saturated rings. The fourth-order valence-electron chi connectivity index (χ4n) is 5.16. The van der Waals surface area contributed by atoms with Crippen molar-refractivity contribution in [2.75, 3.05) is 0 Å². The Bertz CT molecular complexity index is 1650. The maximum Gasteiger partial charge on any atom is 0.197 e. The number of allylic oxidation sites excluding steroid dienone is 1. The lowest BCUT2D eigenvalue weighted by Crippen LogP contribution is -2.00. The Labute approximate surface area is 201 Å². The minimum absolute atomic E-state index is 0.190. The molecule has 0 N–H and O–H groups in total. The number of aryl methyl sites for hydroxylation is 4. The second-order valence-corrected chi connectivity index (χ2v) is 10.1. The first kappa shape index (κ1) is 20.8. The molecule has 0 unspecified atom stereocenters. The lowest BCUT2D eigenvalue weighted by molar-refractivity contribution is 0.0990. The maximum atomic E-state index is 13.1. The molecule has 2 aromatic heterocycles. The first-order valence-electron chi connectivity index (χ1n) is 11.2. The van der Waals surface area contributed by atoms with Crippen LogP contribution in [0.3, 0.4) is 0 Å². The third kappa shape index (κ3) is 3.01. The van der Waals surface area contributed by atoms with Gasteiger partial charge in [-0.2, -0.15) is 0 Å². The van der Waals surface area contributed by atoms with Crippen LogP contribution in [0.25, 0.3) is 38.5 Å². The molecule has 0 amide bonds. The van der Waals surface area contributed by atoms with E-state index in [2.05, 4.69) is 43.5 Å². The first-order valence-corrected chi connectivity index (χ1v) is 12.0. The predicted octanol–water partition coefficient (Wildman–Crippen LogP) is 6.84. The number of hydrogen-bond acceptors (Lipinski definition) is 4. The Morgan fingerprint density at radius 3 is 2.00 bits per heavy atom. The van der Waals surface area contributed by atoms with Gasteiger partial charge in [0.2, 0.25) is 0 Å². The van der Waals surface area contributed by atoms with Crippen LogP contribution in [0.15, 0.2) is 60.2 Å². The number of Topliss-reactive ketones (excluding diaryl/α,β-unsaturated/α-hetero) is 2. The van der Waals surface area contributed by atoms with E-state index in [-0.39, 0.29) is 17.1 Å². The third-order valence-electron chi connectivity index (χ3n) is 6.66. The Hall–Kier alpha value is -3.83. The van der Waals surface area contributed by atoms with Gasteiger partial charge in [-0.1, -0.05) is 42.0 Å². The maximum absolute atomic E-state index is 13.1. The number of thiazole rings is 1. The molecule has 0 bridgehead atoms. The molecular formula is C29H22N2O2S. The summed E-state index contributed by atoms with van der Waals surface area (Å²) in [6.45, 7) is 6.39. The average Bonchev–Trinajstić information content (AvgIpc) is 3.40. The highest BCUT2D eigenvalue weighted by atomic mass is 32.1.